The number of alkyl halides is 3. The molecule has 0 radical (unpaired) electrons. The molecule has 1 aliphatic heterocycles. The highest BCUT2D eigenvalue weighted by Crippen LogP contribution is 2.38. The highest BCUT2D eigenvalue weighted by molar-refractivity contribution is 6.01. The van der Waals surface area contributed by atoms with Crippen LogP contribution in [-0.4, -0.2) is 49.6 Å². The normalized spacial score (nSPS) is 22.4. The van der Waals surface area contributed by atoms with E-state index >= 15 is 0 Å². The van der Waals surface area contributed by atoms with E-state index in [-0.39, 0.29) is 44.3 Å². The molecule has 1 saturated carbocycles. The number of amides is 1. The summed E-state index contributed by atoms with van der Waals surface area (Å²) in [5, 5.41) is 9.99. The Morgan fingerprint density at radius 1 is 1.18 bits per heavy atom. The summed E-state index contributed by atoms with van der Waals surface area (Å²) < 4.78 is 41.2. The van der Waals surface area contributed by atoms with Crippen molar-refractivity contribution in [3.8, 4) is 6.07 Å². The highest BCUT2D eigenvalue weighted by atomic mass is 19.4. The fourth-order valence-corrected chi connectivity index (χ4v) is 5.60. The molecule has 10 heteroatoms. The lowest BCUT2D eigenvalue weighted by Gasteiger charge is -2.33. The van der Waals surface area contributed by atoms with Gasteiger partial charge in [0.2, 0.25) is 5.91 Å². The number of hydrogen-bond donors (Lipinski definition) is 1. The molecule has 3 aromatic heterocycles. The molecule has 34 heavy (non-hydrogen) atoms. The van der Waals surface area contributed by atoms with Crippen molar-refractivity contribution >= 4 is 28.0 Å². The Balaban J connectivity index is 1.43. The number of nitrogens with one attached hydrogen (secondary N) is 1. The van der Waals surface area contributed by atoms with Gasteiger partial charge in [0.05, 0.1) is 30.1 Å². The number of hydrogen-bond acceptors (Lipinski definition) is 4. The van der Waals surface area contributed by atoms with Gasteiger partial charge >= 0.3 is 6.18 Å². The smallest absolute Gasteiger partial charge is 0.346 e. The maximum atomic E-state index is 13.1. The number of carbonyl (C=O) groups is 1. The summed E-state index contributed by atoms with van der Waals surface area (Å²) in [6, 6.07) is 4.38. The van der Waals surface area contributed by atoms with Gasteiger partial charge in [-0.1, -0.05) is 0 Å². The Bertz CT molecular complexity index is 1220. The topological polar surface area (TPSA) is 90.6 Å². The van der Waals surface area contributed by atoms with E-state index in [0.29, 0.717) is 23.7 Å². The molecule has 0 atom stereocenters. The fraction of sp³-hybridized carbons (Fsp3) is 0.583. The van der Waals surface area contributed by atoms with E-state index in [0.717, 1.165) is 42.2 Å². The molecule has 1 aliphatic carbocycles. The zero-order chi connectivity index (χ0) is 23.9. The summed E-state index contributed by atoms with van der Waals surface area (Å²) in [5.74, 6) is -0.492. The number of rotatable bonds is 4. The van der Waals surface area contributed by atoms with Gasteiger partial charge in [-0.15, -0.1) is 0 Å². The minimum atomic E-state index is -4.21. The molecule has 1 saturated heterocycles. The van der Waals surface area contributed by atoms with E-state index in [9.17, 15) is 18.0 Å². The summed E-state index contributed by atoms with van der Waals surface area (Å²) in [6.07, 6.45) is 3.50. The van der Waals surface area contributed by atoms with Gasteiger partial charge in [-0.25, -0.2) is 9.97 Å². The van der Waals surface area contributed by atoms with E-state index in [1.807, 2.05) is 12.3 Å². The van der Waals surface area contributed by atoms with Crippen molar-refractivity contribution in [3.05, 3.63) is 24.3 Å². The van der Waals surface area contributed by atoms with Crippen LogP contribution in [0.25, 0.3) is 22.1 Å². The second kappa shape index (κ2) is 8.93. The quantitative estimate of drug-likeness (QED) is 0.585. The Morgan fingerprint density at radius 3 is 2.59 bits per heavy atom. The number of carbonyl (C=O) groups excluding carboxylic acids is 1. The molecule has 3 aromatic rings. The van der Waals surface area contributed by atoms with Crippen LogP contribution in [0, 0.1) is 23.2 Å². The first-order valence-corrected chi connectivity index (χ1v) is 11.9. The molecule has 180 valence electrons. The molecule has 2 aliphatic rings. The number of likely N-dealkylation sites (tertiary alicyclic amines) is 1. The predicted octanol–water partition coefficient (Wildman–Crippen LogP) is 4.90. The van der Waals surface area contributed by atoms with Crippen molar-refractivity contribution in [3.63, 3.8) is 0 Å². The zero-order valence-electron chi connectivity index (χ0n) is 18.8. The molecule has 7 nitrogen and oxygen atoms in total. The molecular weight excluding hydrogens is 445 g/mol. The average molecular weight is 473 g/mol. The number of aromatic amines is 1. The largest absolute Gasteiger partial charge is 0.391 e. The predicted molar refractivity (Wildman–Crippen MR) is 120 cm³/mol. The SMILES string of the molecule is N#CC[C@H]1CC[C@H](n2c(CC(=O)N3CCC(C(F)(F)F)CC3)nc3cnc4[nH]ccc4c32)CC1. The molecule has 1 N–H and O–H groups in total. The molecule has 0 bridgehead atoms. The second-order valence-corrected chi connectivity index (χ2v) is 9.54. The van der Waals surface area contributed by atoms with E-state index in [1.54, 1.807) is 11.1 Å². The Morgan fingerprint density at radius 2 is 1.91 bits per heavy atom. The number of H-pyrrole nitrogens is 1. The van der Waals surface area contributed by atoms with Gasteiger partial charge < -0.3 is 14.5 Å². The van der Waals surface area contributed by atoms with Crippen LogP contribution >= 0.6 is 0 Å². The molecule has 5 rings (SSSR count). The first-order valence-electron chi connectivity index (χ1n) is 11.9. The van der Waals surface area contributed by atoms with Gasteiger partial charge in [0, 0.05) is 37.1 Å². The summed E-state index contributed by atoms with van der Waals surface area (Å²) >= 11 is 0. The monoisotopic (exact) mass is 472 g/mol. The Labute approximate surface area is 195 Å². The van der Waals surface area contributed by atoms with Crippen molar-refractivity contribution in [2.24, 2.45) is 11.8 Å². The fourth-order valence-electron chi connectivity index (χ4n) is 5.60. The third kappa shape index (κ3) is 4.24. The van der Waals surface area contributed by atoms with Crippen LogP contribution in [0.3, 0.4) is 0 Å². The van der Waals surface area contributed by atoms with Crippen LogP contribution in [0.1, 0.15) is 56.8 Å². The molecule has 0 unspecified atom stereocenters. The van der Waals surface area contributed by atoms with Crippen LogP contribution in [-0.2, 0) is 11.2 Å². The van der Waals surface area contributed by atoms with Crippen LogP contribution in [0.4, 0.5) is 13.2 Å². The maximum Gasteiger partial charge on any atom is 0.391 e. The van der Waals surface area contributed by atoms with Crippen molar-refractivity contribution < 1.29 is 18.0 Å². The first-order chi connectivity index (χ1) is 16.3. The van der Waals surface area contributed by atoms with Gasteiger partial charge in [-0.3, -0.25) is 4.79 Å². The molecule has 0 aromatic carbocycles. The van der Waals surface area contributed by atoms with E-state index < -0.39 is 12.1 Å². The van der Waals surface area contributed by atoms with Gasteiger partial charge in [-0.05, 0) is 50.5 Å². The molecule has 2 fully saturated rings. The van der Waals surface area contributed by atoms with Gasteiger partial charge in [0.25, 0.3) is 0 Å². The van der Waals surface area contributed by atoms with E-state index in [1.165, 1.54) is 0 Å². The highest BCUT2D eigenvalue weighted by Gasteiger charge is 2.41. The number of nitriles is 1. The molecule has 1 amide bonds. The van der Waals surface area contributed by atoms with Crippen molar-refractivity contribution in [1.82, 2.24) is 24.4 Å². The maximum absolute atomic E-state index is 13.1. The zero-order valence-corrected chi connectivity index (χ0v) is 18.8. The van der Waals surface area contributed by atoms with Crippen LogP contribution < -0.4 is 0 Å². The number of imidazole rings is 1. The second-order valence-electron chi connectivity index (χ2n) is 9.54. The Hall–Kier alpha value is -3.09. The summed E-state index contributed by atoms with van der Waals surface area (Å²) in [5.41, 5.74) is 2.40. The first kappa shape index (κ1) is 22.7. The van der Waals surface area contributed by atoms with Crippen molar-refractivity contribution in [1.29, 1.82) is 5.26 Å². The number of piperidine rings is 1. The summed E-state index contributed by atoms with van der Waals surface area (Å²) in [7, 11) is 0. The lowest BCUT2D eigenvalue weighted by Crippen LogP contribution is -2.43. The minimum absolute atomic E-state index is 0.0510. The number of aromatic nitrogens is 4. The van der Waals surface area contributed by atoms with E-state index in [4.69, 9.17) is 10.2 Å². The number of fused-ring (bicyclic) bond motifs is 3. The molecular formula is C24H27F3N6O. The van der Waals surface area contributed by atoms with Crippen LogP contribution in [0.2, 0.25) is 0 Å². The molecule has 0 spiro atoms. The standard InChI is InChI=1S/C24H27F3N6O/c25-24(26,27)16-7-11-32(12-8-16)21(34)13-20-31-19-14-30-23-18(6-10-29-23)22(19)33(20)17-3-1-15(2-4-17)5-9-28/h6,10,14-17H,1-5,7-8,11-13H2,(H,29,30)/t15-,17-. The van der Waals surface area contributed by atoms with Crippen molar-refractivity contribution in [2.45, 2.75) is 63.6 Å². The average Bonchev–Trinajstić information content (AvgIpc) is 3.43. The van der Waals surface area contributed by atoms with Gasteiger partial charge in [-0.2, -0.15) is 18.4 Å². The van der Waals surface area contributed by atoms with Crippen LogP contribution in [0.15, 0.2) is 18.5 Å². The number of pyridine rings is 1. The summed E-state index contributed by atoms with van der Waals surface area (Å²) in [4.78, 5) is 27.0. The van der Waals surface area contributed by atoms with Crippen LogP contribution in [0.5, 0.6) is 0 Å². The Kier molecular flexibility index (Phi) is 5.96. The molecule has 4 heterocycles. The summed E-state index contributed by atoms with van der Waals surface area (Å²) in [6.45, 7) is 0.234. The lowest BCUT2D eigenvalue weighted by atomic mass is 9.84. The minimum Gasteiger partial charge on any atom is -0.346 e. The number of halogens is 3. The van der Waals surface area contributed by atoms with Crippen molar-refractivity contribution in [2.75, 3.05) is 13.1 Å². The van der Waals surface area contributed by atoms with Gasteiger partial charge in [0.1, 0.15) is 17.0 Å². The van der Waals surface area contributed by atoms with E-state index in [2.05, 4.69) is 20.6 Å². The lowest BCUT2D eigenvalue weighted by molar-refractivity contribution is -0.186. The number of nitrogens with zero attached hydrogens (tertiary/aromatic N) is 5. The third-order valence-corrected chi connectivity index (χ3v) is 7.49. The van der Waals surface area contributed by atoms with Gasteiger partial charge in [0.15, 0.2) is 0 Å². The third-order valence-electron chi connectivity index (χ3n) is 7.49.